The molecule has 1 aliphatic heterocycles. The molecule has 1 heterocycles. The standard InChI is InChI=1S/C6H12B2O8P2/c1-3-5(9)4(15-6(3)7)2-14-17(8,10)16-18(11,12)13/h3-6,9H,2H2,1H3,(H2,11,12,13)/t3-,4-,5+,6-,17?/m1/s1. The van der Waals surface area contributed by atoms with Crippen LogP contribution >= 0.6 is 15.3 Å². The number of hydrogen-bond acceptors (Lipinski definition) is 6. The van der Waals surface area contributed by atoms with E-state index in [1.54, 1.807) is 6.92 Å². The fourth-order valence-corrected chi connectivity index (χ4v) is 3.16. The van der Waals surface area contributed by atoms with E-state index in [0.717, 1.165) is 0 Å². The molecular formula is C6H12B2O8P2. The Balaban J connectivity index is 2.51. The van der Waals surface area contributed by atoms with E-state index in [2.05, 4.69) is 8.83 Å². The van der Waals surface area contributed by atoms with Crippen molar-refractivity contribution in [3.63, 3.8) is 0 Å². The Morgan fingerprint density at radius 2 is 1.94 bits per heavy atom. The van der Waals surface area contributed by atoms with Gasteiger partial charge in [-0.3, -0.25) is 4.57 Å². The monoisotopic (exact) mass is 296 g/mol. The van der Waals surface area contributed by atoms with Crippen molar-refractivity contribution < 1.29 is 37.6 Å². The van der Waals surface area contributed by atoms with Gasteiger partial charge in [0.15, 0.2) is 0 Å². The molecule has 0 spiro atoms. The van der Waals surface area contributed by atoms with Gasteiger partial charge in [-0.15, -0.1) is 0 Å². The maximum absolute atomic E-state index is 11.3. The van der Waals surface area contributed by atoms with E-state index in [-0.39, 0.29) is 5.92 Å². The third kappa shape index (κ3) is 4.79. The third-order valence-corrected chi connectivity index (χ3v) is 4.68. The minimum Gasteiger partial charge on any atom is -0.390 e. The zero-order valence-corrected chi connectivity index (χ0v) is 11.2. The average molecular weight is 296 g/mol. The summed E-state index contributed by atoms with van der Waals surface area (Å²) < 4.78 is 35.2. The predicted molar refractivity (Wildman–Crippen MR) is 62.0 cm³/mol. The molecule has 3 N–H and O–H groups in total. The number of ether oxygens (including phenoxy) is 1. The molecule has 0 aromatic heterocycles. The van der Waals surface area contributed by atoms with Gasteiger partial charge in [-0.05, 0) is 0 Å². The van der Waals surface area contributed by atoms with Crippen LogP contribution in [-0.4, -0.2) is 55.1 Å². The Morgan fingerprint density at radius 1 is 1.39 bits per heavy atom. The second kappa shape index (κ2) is 5.77. The van der Waals surface area contributed by atoms with E-state index in [1.807, 2.05) is 0 Å². The third-order valence-electron chi connectivity index (χ3n) is 2.41. The summed E-state index contributed by atoms with van der Waals surface area (Å²) in [7, 11) is 0.996. The molecule has 0 amide bonds. The molecule has 5 atom stereocenters. The van der Waals surface area contributed by atoms with Crippen LogP contribution in [0.15, 0.2) is 0 Å². The highest BCUT2D eigenvalue weighted by molar-refractivity contribution is 7.83. The van der Waals surface area contributed by atoms with Crippen molar-refractivity contribution in [3.05, 3.63) is 0 Å². The van der Waals surface area contributed by atoms with Crippen LogP contribution in [0.25, 0.3) is 0 Å². The second-order valence-electron chi connectivity index (χ2n) is 3.90. The summed E-state index contributed by atoms with van der Waals surface area (Å²) in [5, 5.41) is 9.65. The van der Waals surface area contributed by atoms with Gasteiger partial charge >= 0.3 is 7.82 Å². The molecule has 1 unspecified atom stereocenters. The van der Waals surface area contributed by atoms with E-state index < -0.39 is 40.1 Å². The van der Waals surface area contributed by atoms with Gasteiger partial charge in [0.1, 0.15) is 14.0 Å². The molecule has 0 saturated carbocycles. The second-order valence-corrected chi connectivity index (χ2v) is 6.87. The average Bonchev–Trinajstić information content (AvgIpc) is 2.39. The Hall–Kier alpha value is 0.350. The van der Waals surface area contributed by atoms with Crippen LogP contribution < -0.4 is 0 Å². The van der Waals surface area contributed by atoms with Gasteiger partial charge in [-0.2, -0.15) is 0 Å². The minimum atomic E-state index is -5.03. The lowest BCUT2D eigenvalue weighted by atomic mass is 9.86. The van der Waals surface area contributed by atoms with E-state index in [4.69, 9.17) is 29.9 Å². The summed E-state index contributed by atoms with van der Waals surface area (Å²) in [5.74, 6) is -0.363. The number of phosphoric acid groups is 1. The molecule has 1 aliphatic rings. The summed E-state index contributed by atoms with van der Waals surface area (Å²) in [6.45, 7) is 1.18. The molecule has 0 aromatic carbocycles. The molecule has 8 nitrogen and oxygen atoms in total. The van der Waals surface area contributed by atoms with Crippen LogP contribution in [-0.2, 0) is 22.7 Å². The van der Waals surface area contributed by atoms with Gasteiger partial charge in [0.25, 0.3) is 7.47 Å². The SMILES string of the molecule is [B][C@@H]1O[C@H](COP([B])(=O)OP(=O)(O)O)[C@@H](O)[C@H]1C. The molecule has 12 heteroatoms. The molecule has 0 aliphatic carbocycles. The predicted octanol–water partition coefficient (Wildman–Crippen LogP) is -0.721. The minimum absolute atomic E-state index is 0.363. The van der Waals surface area contributed by atoms with Crippen molar-refractivity contribution in [3.8, 4) is 0 Å². The first kappa shape index (κ1) is 16.4. The van der Waals surface area contributed by atoms with Gasteiger partial charge in [-0.25, -0.2) is 8.88 Å². The van der Waals surface area contributed by atoms with Crippen molar-refractivity contribution in [1.82, 2.24) is 0 Å². The molecule has 1 fully saturated rings. The molecule has 1 rings (SSSR count). The van der Waals surface area contributed by atoms with Gasteiger partial charge < -0.3 is 24.2 Å². The van der Waals surface area contributed by atoms with Crippen LogP contribution in [0.4, 0.5) is 0 Å². The molecule has 0 aromatic rings. The van der Waals surface area contributed by atoms with Crippen LogP contribution in [0.5, 0.6) is 0 Å². The zero-order valence-electron chi connectivity index (χ0n) is 9.45. The van der Waals surface area contributed by atoms with E-state index in [1.165, 1.54) is 0 Å². The van der Waals surface area contributed by atoms with Gasteiger partial charge in [-0.1, -0.05) is 6.92 Å². The fraction of sp³-hybridized carbons (Fsp3) is 1.00. The van der Waals surface area contributed by atoms with Crippen molar-refractivity contribution in [2.75, 3.05) is 6.61 Å². The summed E-state index contributed by atoms with van der Waals surface area (Å²) in [4.78, 5) is 16.9. The fourth-order valence-electron chi connectivity index (χ4n) is 1.43. The Morgan fingerprint density at radius 3 is 2.33 bits per heavy atom. The smallest absolute Gasteiger partial charge is 0.390 e. The van der Waals surface area contributed by atoms with Crippen molar-refractivity contribution in [1.29, 1.82) is 0 Å². The first-order chi connectivity index (χ1) is 8.02. The first-order valence-electron chi connectivity index (χ1n) is 4.91. The maximum atomic E-state index is 11.3. The van der Waals surface area contributed by atoms with Crippen LogP contribution in [0.2, 0.25) is 0 Å². The van der Waals surface area contributed by atoms with Crippen LogP contribution in [0, 0.1) is 5.92 Å². The number of aliphatic hydroxyl groups is 1. The highest BCUT2D eigenvalue weighted by atomic mass is 31.3. The Kier molecular flexibility index (Phi) is 5.26. The molecule has 100 valence electrons. The molecule has 18 heavy (non-hydrogen) atoms. The maximum Gasteiger partial charge on any atom is 0.476 e. The quantitative estimate of drug-likeness (QED) is 0.448. The number of hydrogen-bond donors (Lipinski definition) is 3. The van der Waals surface area contributed by atoms with Crippen LogP contribution in [0.3, 0.4) is 0 Å². The normalized spacial score (nSPS) is 36.4. The lowest BCUT2D eigenvalue weighted by molar-refractivity contribution is 0.000557. The number of rotatable bonds is 5. The summed E-state index contributed by atoms with van der Waals surface area (Å²) >= 11 is 0. The largest absolute Gasteiger partial charge is 0.476 e. The van der Waals surface area contributed by atoms with Crippen LogP contribution in [0.1, 0.15) is 6.92 Å². The summed E-state index contributed by atoms with van der Waals surface area (Å²) in [6.07, 6.45) is -1.86. The Bertz CT molecular complexity index is 386. The molecular weight excluding hydrogens is 284 g/mol. The lowest BCUT2D eigenvalue weighted by Crippen LogP contribution is -2.29. The first-order valence-corrected chi connectivity index (χ1v) is 8.05. The van der Waals surface area contributed by atoms with Crippen molar-refractivity contribution >= 4 is 30.7 Å². The summed E-state index contributed by atoms with van der Waals surface area (Å²) in [6, 6.07) is -0.714. The highest BCUT2D eigenvalue weighted by Crippen LogP contribution is 2.57. The zero-order chi connectivity index (χ0) is 14.1. The van der Waals surface area contributed by atoms with E-state index in [0.29, 0.717) is 0 Å². The highest BCUT2D eigenvalue weighted by Gasteiger charge is 2.39. The van der Waals surface area contributed by atoms with Gasteiger partial charge in [0, 0.05) is 11.9 Å². The number of aliphatic hydroxyl groups excluding tert-OH is 1. The van der Waals surface area contributed by atoms with E-state index >= 15 is 0 Å². The molecule has 1 saturated heterocycles. The molecule has 4 radical (unpaired) electrons. The van der Waals surface area contributed by atoms with Gasteiger partial charge in [0.05, 0.1) is 12.7 Å². The van der Waals surface area contributed by atoms with E-state index in [9.17, 15) is 14.2 Å². The Labute approximate surface area is 107 Å². The topological polar surface area (TPSA) is 123 Å². The van der Waals surface area contributed by atoms with Crippen molar-refractivity contribution in [2.24, 2.45) is 5.92 Å². The van der Waals surface area contributed by atoms with Crippen molar-refractivity contribution in [2.45, 2.75) is 25.1 Å². The lowest BCUT2D eigenvalue weighted by Gasteiger charge is -2.19. The summed E-state index contributed by atoms with van der Waals surface area (Å²) in [5.41, 5.74) is 0. The van der Waals surface area contributed by atoms with Gasteiger partial charge in [0.2, 0.25) is 7.57 Å². The molecule has 0 bridgehead atoms.